The van der Waals surface area contributed by atoms with Crippen molar-refractivity contribution in [3.63, 3.8) is 0 Å². The van der Waals surface area contributed by atoms with Gasteiger partial charge < -0.3 is 0 Å². The van der Waals surface area contributed by atoms with Crippen LogP contribution in [0.5, 0.6) is 0 Å². The number of hydrogen-bond acceptors (Lipinski definition) is 0. The fraction of sp³-hybridized carbons (Fsp3) is 0.944. The van der Waals surface area contributed by atoms with Gasteiger partial charge in [-0.3, -0.25) is 0 Å². The zero-order valence-electron chi connectivity index (χ0n) is 13.3. The molecule has 0 bridgehead atoms. The number of hydrogen-bond donors (Lipinski definition) is 0. The first-order chi connectivity index (χ1) is 9.41. The van der Waals surface area contributed by atoms with Crippen molar-refractivity contribution in [1.82, 2.24) is 0 Å². The molecule has 0 unspecified atom stereocenters. The molecule has 0 aromatic carbocycles. The fourth-order valence-corrected chi connectivity index (χ4v) is 2.73. The Hall–Kier alpha value is 0.210. The molecule has 0 atom stereocenters. The van der Waals surface area contributed by atoms with Crippen LogP contribution in [-0.2, 0) is 0 Å². The summed E-state index contributed by atoms with van der Waals surface area (Å²) in [6, 6.07) is 0. The van der Waals surface area contributed by atoms with Crippen molar-refractivity contribution >= 4 is 8.70 Å². The third-order valence-corrected chi connectivity index (χ3v) is 4.12. The monoisotopic (exact) mass is 282 g/mol. The van der Waals surface area contributed by atoms with Crippen LogP contribution in [-0.4, -0.2) is 0 Å². The molecule has 0 heterocycles. The summed E-state index contributed by atoms with van der Waals surface area (Å²) in [5.41, 5.74) is 2.91. The first-order valence-corrected chi connectivity index (χ1v) is 9.23. The summed E-state index contributed by atoms with van der Waals surface area (Å²) in [7, 11) is 3.99. The molecule has 0 fully saturated rings. The fourth-order valence-electron chi connectivity index (χ4n) is 2.58. The third-order valence-electron chi connectivity index (χ3n) is 3.89. The van der Waals surface area contributed by atoms with Gasteiger partial charge in [0.2, 0.25) is 0 Å². The van der Waals surface area contributed by atoms with Gasteiger partial charge in [0.15, 0.2) is 0 Å². The normalized spacial score (nSPS) is 10.5. The minimum absolute atomic E-state index is 1.06. The van der Waals surface area contributed by atoms with Crippen LogP contribution in [0.1, 0.15) is 110 Å². The van der Waals surface area contributed by atoms with Gasteiger partial charge in [0.05, 0.1) is 0 Å². The maximum atomic E-state index is 3.99. The van der Waals surface area contributed by atoms with E-state index in [0.717, 1.165) is 6.42 Å². The molecular formula is C18H35P. The van der Waals surface area contributed by atoms with Gasteiger partial charge in [-0.2, -0.15) is 0 Å². The van der Waals surface area contributed by atoms with Crippen molar-refractivity contribution in [2.45, 2.75) is 110 Å². The Morgan fingerprint density at radius 2 is 0.842 bits per heavy atom. The van der Waals surface area contributed by atoms with E-state index in [0.29, 0.717) is 0 Å². The van der Waals surface area contributed by atoms with Gasteiger partial charge in [-0.25, -0.2) is 0 Å². The second kappa shape index (κ2) is 18.2. The Morgan fingerprint density at radius 1 is 0.526 bits per heavy atom. The van der Waals surface area contributed by atoms with E-state index in [1.54, 1.807) is 0 Å². The molecule has 112 valence electrons. The average Bonchev–Trinajstić information content (AvgIpc) is 2.43. The van der Waals surface area contributed by atoms with Crippen molar-refractivity contribution in [3.05, 3.63) is 0 Å². The minimum atomic E-state index is 1.06. The van der Waals surface area contributed by atoms with E-state index < -0.39 is 0 Å². The molecule has 0 aliphatic heterocycles. The van der Waals surface area contributed by atoms with Crippen LogP contribution in [0.3, 0.4) is 0 Å². The quantitative estimate of drug-likeness (QED) is 0.214. The summed E-state index contributed by atoms with van der Waals surface area (Å²) in [5, 5.41) is 0. The molecule has 0 aromatic rings. The van der Waals surface area contributed by atoms with E-state index >= 15 is 0 Å². The first-order valence-electron chi connectivity index (χ1n) is 8.78. The van der Waals surface area contributed by atoms with E-state index in [1.165, 1.54) is 96.3 Å². The molecule has 0 N–H and O–H groups in total. The van der Waals surface area contributed by atoms with Crippen LogP contribution in [0.2, 0.25) is 0 Å². The van der Waals surface area contributed by atoms with E-state index in [9.17, 15) is 0 Å². The van der Waals surface area contributed by atoms with Crippen LogP contribution in [0.25, 0.3) is 0 Å². The van der Waals surface area contributed by atoms with Crippen LogP contribution in [0.15, 0.2) is 0 Å². The Bertz CT molecular complexity index is 192. The van der Waals surface area contributed by atoms with Gasteiger partial charge in [0, 0.05) is 0 Å². The molecular weight excluding hydrogens is 247 g/mol. The van der Waals surface area contributed by atoms with E-state index in [1.807, 2.05) is 0 Å². The van der Waals surface area contributed by atoms with Crippen LogP contribution >= 0.6 is 8.70 Å². The van der Waals surface area contributed by atoms with Gasteiger partial charge in [-0.1, -0.05) is 39.0 Å². The van der Waals surface area contributed by atoms with Crippen LogP contribution < -0.4 is 0 Å². The summed E-state index contributed by atoms with van der Waals surface area (Å²) in [6.45, 7) is 2.29. The molecule has 0 radical (unpaired) electrons. The topological polar surface area (TPSA) is 0 Å². The number of rotatable bonds is 15. The molecule has 0 saturated heterocycles. The average molecular weight is 282 g/mol. The van der Waals surface area contributed by atoms with E-state index in [-0.39, 0.29) is 0 Å². The third kappa shape index (κ3) is 18.2. The van der Waals surface area contributed by atoms with Crippen LogP contribution in [0.4, 0.5) is 0 Å². The molecule has 0 aliphatic carbocycles. The maximum absolute atomic E-state index is 3.99. The first kappa shape index (κ1) is 19.2. The predicted octanol–water partition coefficient (Wildman–Crippen LogP) is 7.62. The van der Waals surface area contributed by atoms with Gasteiger partial charge in [-0.05, 0) is 0 Å². The summed E-state index contributed by atoms with van der Waals surface area (Å²) < 4.78 is 0. The van der Waals surface area contributed by atoms with Gasteiger partial charge in [0.25, 0.3) is 0 Å². The Balaban J connectivity index is 2.90. The van der Waals surface area contributed by atoms with Crippen molar-refractivity contribution in [2.75, 3.05) is 0 Å². The number of unbranched alkanes of at least 4 members (excludes halogenated alkanes) is 15. The SMILES string of the molecule is CCCCCCCCCCCCCCCCCC#P. The molecule has 0 amide bonds. The van der Waals surface area contributed by atoms with Gasteiger partial charge >= 0.3 is 85.0 Å². The van der Waals surface area contributed by atoms with E-state index in [2.05, 4.69) is 21.2 Å². The molecule has 1 heteroatoms. The summed E-state index contributed by atoms with van der Waals surface area (Å²) in [5.74, 6) is 0. The Labute approximate surface area is 124 Å². The molecule has 0 rings (SSSR count). The molecule has 0 aromatic heterocycles. The predicted molar refractivity (Wildman–Crippen MR) is 90.4 cm³/mol. The molecule has 0 aliphatic rings. The Kier molecular flexibility index (Phi) is 18.4. The van der Waals surface area contributed by atoms with E-state index in [4.69, 9.17) is 0 Å². The second-order valence-electron chi connectivity index (χ2n) is 5.86. The second-order valence-corrected chi connectivity index (χ2v) is 6.17. The standard InChI is InChI=1S/C18H35P/c1-2-3-4-5-6-7-8-9-10-11-12-13-14-15-16-17-18-19/h2-17H2,1H3. The van der Waals surface area contributed by atoms with Crippen molar-refractivity contribution in [1.29, 1.82) is 0 Å². The Morgan fingerprint density at radius 3 is 1.16 bits per heavy atom. The summed E-state index contributed by atoms with van der Waals surface area (Å²) >= 11 is 0. The molecule has 19 heavy (non-hydrogen) atoms. The molecule has 0 spiro atoms. The summed E-state index contributed by atoms with van der Waals surface area (Å²) in [6.07, 6.45) is 22.5. The zero-order chi connectivity index (χ0) is 14.0. The molecule has 0 nitrogen and oxygen atoms in total. The van der Waals surface area contributed by atoms with Crippen molar-refractivity contribution in [2.24, 2.45) is 0 Å². The zero-order valence-corrected chi connectivity index (χ0v) is 14.2. The van der Waals surface area contributed by atoms with Gasteiger partial charge in [0.1, 0.15) is 0 Å². The van der Waals surface area contributed by atoms with Gasteiger partial charge in [-0.15, -0.1) is 0 Å². The van der Waals surface area contributed by atoms with Crippen molar-refractivity contribution < 1.29 is 0 Å². The summed E-state index contributed by atoms with van der Waals surface area (Å²) in [4.78, 5) is 0. The molecule has 0 saturated carbocycles. The van der Waals surface area contributed by atoms with Crippen LogP contribution in [0, 0.1) is 5.63 Å². The van der Waals surface area contributed by atoms with Crippen molar-refractivity contribution in [3.8, 4) is 5.63 Å².